The number of pyridine rings is 1. The molecule has 1 aliphatic rings. The number of fused-ring (bicyclic) bond motifs is 1. The molecule has 1 unspecified atom stereocenters. The molecule has 334 valence electrons. The van der Waals surface area contributed by atoms with E-state index in [-0.39, 0.29) is 28.7 Å². The predicted molar refractivity (Wildman–Crippen MR) is 258 cm³/mol. The Bertz CT molecular complexity index is 2530. The largest absolute Gasteiger partial charge is 0.487 e. The Balaban J connectivity index is 0.887. The number of likely N-dealkylation sites (tertiary alicyclic amines) is 1. The first-order valence-electron chi connectivity index (χ1n) is 22.3. The predicted octanol–water partition coefficient (Wildman–Crippen LogP) is 10.1. The molecule has 7 rings (SSSR count). The number of amides is 2. The van der Waals surface area contributed by atoms with Crippen molar-refractivity contribution in [2.45, 2.75) is 77.1 Å². The molecule has 1 fully saturated rings. The summed E-state index contributed by atoms with van der Waals surface area (Å²) in [5.41, 5.74) is 6.80. The lowest BCUT2D eigenvalue weighted by atomic mass is 10.0. The Labute approximate surface area is 377 Å². The van der Waals surface area contributed by atoms with E-state index in [0.717, 1.165) is 59.1 Å². The van der Waals surface area contributed by atoms with Crippen molar-refractivity contribution in [3.05, 3.63) is 166 Å². The topological polar surface area (TPSA) is 134 Å². The second-order valence-corrected chi connectivity index (χ2v) is 22.7. The number of nitrogens with zero attached hydrogens (tertiary/aromatic N) is 1. The van der Waals surface area contributed by atoms with Gasteiger partial charge in [-0.3, -0.25) is 14.9 Å². The molecule has 0 saturated carbocycles. The number of nitrogens with one attached hydrogen (secondary N) is 4. The van der Waals surface area contributed by atoms with E-state index >= 15 is 0 Å². The third kappa shape index (κ3) is 12.1. The third-order valence-corrected chi connectivity index (χ3v) is 16.8. The van der Waals surface area contributed by atoms with Gasteiger partial charge in [0.15, 0.2) is 8.32 Å². The van der Waals surface area contributed by atoms with Gasteiger partial charge in [-0.1, -0.05) is 118 Å². The molecule has 64 heavy (non-hydrogen) atoms. The van der Waals surface area contributed by atoms with E-state index in [2.05, 4.69) is 65.8 Å². The van der Waals surface area contributed by atoms with Gasteiger partial charge in [-0.05, 0) is 83.6 Å². The van der Waals surface area contributed by atoms with Crippen molar-refractivity contribution < 1.29 is 23.5 Å². The number of carbonyl (C=O) groups is 2. The molecular weight excluding hydrogens is 819 g/mol. The summed E-state index contributed by atoms with van der Waals surface area (Å²) < 4.78 is 19.1. The van der Waals surface area contributed by atoms with Gasteiger partial charge in [0.05, 0.1) is 17.3 Å². The molecule has 5 aromatic carbocycles. The van der Waals surface area contributed by atoms with Crippen LogP contribution in [0.4, 0.5) is 10.5 Å². The molecule has 0 bridgehead atoms. The monoisotopic (exact) mass is 879 g/mol. The zero-order valence-electron chi connectivity index (χ0n) is 37.6. The molecular formula is C52H61N5O6Si. The van der Waals surface area contributed by atoms with Crippen molar-refractivity contribution in [1.82, 2.24) is 20.5 Å². The number of benzene rings is 5. The first kappa shape index (κ1) is 46.0. The smallest absolute Gasteiger partial charge is 0.411 e. The summed E-state index contributed by atoms with van der Waals surface area (Å²) in [5.74, 6) is 0.494. The number of hydrogen-bond donors (Lipinski definition) is 4. The maximum atomic E-state index is 13.1. The molecule has 12 heteroatoms. The number of para-hydroxylation sites is 1. The van der Waals surface area contributed by atoms with Crippen molar-refractivity contribution in [2.24, 2.45) is 0 Å². The zero-order chi connectivity index (χ0) is 45.1. The summed E-state index contributed by atoms with van der Waals surface area (Å²) >= 11 is 0. The molecule has 1 atom stereocenters. The Morgan fingerprint density at radius 3 is 2.22 bits per heavy atom. The molecule has 11 nitrogen and oxygen atoms in total. The minimum atomic E-state index is -2.24. The Kier molecular flexibility index (Phi) is 15.1. The van der Waals surface area contributed by atoms with Crippen molar-refractivity contribution >= 4 is 36.9 Å². The van der Waals surface area contributed by atoms with E-state index in [4.69, 9.17) is 13.9 Å². The minimum absolute atomic E-state index is 0.0206. The highest BCUT2D eigenvalue weighted by Crippen LogP contribution is 2.41. The van der Waals surface area contributed by atoms with Crippen LogP contribution in [0, 0.1) is 0 Å². The van der Waals surface area contributed by atoms with E-state index in [0.29, 0.717) is 55.3 Å². The van der Waals surface area contributed by atoms with Crippen molar-refractivity contribution in [3.8, 4) is 16.9 Å². The van der Waals surface area contributed by atoms with Crippen molar-refractivity contribution in [2.75, 3.05) is 38.0 Å². The van der Waals surface area contributed by atoms with Gasteiger partial charge in [0, 0.05) is 61.8 Å². The van der Waals surface area contributed by atoms with Gasteiger partial charge >= 0.3 is 6.09 Å². The number of rotatable bonds is 17. The third-order valence-electron chi connectivity index (χ3n) is 12.4. The number of anilines is 1. The number of ether oxygens (including phenoxy) is 2. The lowest BCUT2D eigenvalue weighted by molar-refractivity contribution is 0.0587. The van der Waals surface area contributed by atoms with Gasteiger partial charge in [-0.2, -0.15) is 0 Å². The van der Waals surface area contributed by atoms with Crippen LogP contribution in [-0.2, 0) is 22.3 Å². The highest BCUT2D eigenvalue weighted by atomic mass is 28.4. The summed E-state index contributed by atoms with van der Waals surface area (Å²) in [4.78, 5) is 43.9. The zero-order valence-corrected chi connectivity index (χ0v) is 38.6. The van der Waals surface area contributed by atoms with Crippen LogP contribution in [0.5, 0.6) is 5.75 Å². The number of H-pyrrole nitrogens is 1. The van der Waals surface area contributed by atoms with Gasteiger partial charge in [0.25, 0.3) is 5.91 Å². The molecule has 2 amide bonds. The summed E-state index contributed by atoms with van der Waals surface area (Å²) in [7, 11) is -2.24. The van der Waals surface area contributed by atoms with Crippen LogP contribution >= 0.6 is 0 Å². The van der Waals surface area contributed by atoms with Crippen LogP contribution in [0.15, 0.2) is 138 Å². The highest BCUT2D eigenvalue weighted by Gasteiger charge is 2.40. The van der Waals surface area contributed by atoms with Gasteiger partial charge in [-0.15, -0.1) is 0 Å². The first-order valence-corrected chi connectivity index (χ1v) is 25.2. The molecule has 0 radical (unpaired) electrons. The SMILES string of the molecule is CC(C)(C)[Si](C)(C)OC(CNCc1ccc(C(=O)NCCN2CCC(OC(=O)Nc3ccccc3-c3ccccc3)CC2)cc1)c1ccc(OCc2ccccc2)c2[nH]c(=O)ccc12. The van der Waals surface area contributed by atoms with Crippen LogP contribution in [0.25, 0.3) is 22.0 Å². The second-order valence-electron chi connectivity index (χ2n) is 18.0. The minimum Gasteiger partial charge on any atom is -0.487 e. The van der Waals surface area contributed by atoms with Crippen LogP contribution in [-0.4, -0.2) is 69.0 Å². The van der Waals surface area contributed by atoms with Crippen LogP contribution in [0.2, 0.25) is 18.1 Å². The number of aromatic nitrogens is 1. The average Bonchev–Trinajstić information content (AvgIpc) is 3.29. The second kappa shape index (κ2) is 21.1. The maximum absolute atomic E-state index is 13.1. The van der Waals surface area contributed by atoms with Gasteiger partial charge in [0.2, 0.25) is 5.56 Å². The van der Waals surface area contributed by atoms with Gasteiger partial charge in [-0.25, -0.2) is 4.79 Å². The molecule has 1 aliphatic heterocycles. The fourth-order valence-corrected chi connectivity index (χ4v) is 8.96. The molecule has 1 aromatic heterocycles. The molecule has 6 aromatic rings. The maximum Gasteiger partial charge on any atom is 0.411 e. The fourth-order valence-electron chi connectivity index (χ4n) is 7.69. The van der Waals surface area contributed by atoms with E-state index in [1.54, 1.807) is 6.07 Å². The standard InChI is InChI=1S/C52H61N5O6Si/c1-52(2,3)64(4,5)63-47(43-24-26-46(49-44(43)25-27-48(58)56-49)61-36-38-14-8-6-9-15-38)35-53-34-37-20-22-40(23-21-37)50(59)54-30-33-57-31-28-41(29-32-57)62-51(60)55-45-19-13-12-18-42(45)39-16-10-7-11-17-39/h6-27,41,47,53H,28-36H2,1-5H3,(H,54,59)(H,55,60)(H,56,58). The van der Waals surface area contributed by atoms with Gasteiger partial charge in [0.1, 0.15) is 18.5 Å². The summed E-state index contributed by atoms with van der Waals surface area (Å²) in [6.45, 7) is 15.5. The summed E-state index contributed by atoms with van der Waals surface area (Å²) in [6, 6.07) is 42.7. The fraction of sp³-hybridized carbons (Fsp3) is 0.327. The van der Waals surface area contributed by atoms with E-state index in [1.165, 1.54) is 0 Å². The lowest BCUT2D eigenvalue weighted by Gasteiger charge is -2.39. The average molecular weight is 880 g/mol. The van der Waals surface area contributed by atoms with E-state index < -0.39 is 14.4 Å². The van der Waals surface area contributed by atoms with Crippen LogP contribution in [0.3, 0.4) is 0 Å². The molecule has 2 heterocycles. The van der Waals surface area contributed by atoms with Crippen molar-refractivity contribution in [3.63, 3.8) is 0 Å². The molecule has 0 spiro atoms. The van der Waals surface area contributed by atoms with Crippen LogP contribution < -0.4 is 26.2 Å². The number of aromatic amines is 1. The molecule has 0 aliphatic carbocycles. The van der Waals surface area contributed by atoms with E-state index in [9.17, 15) is 14.4 Å². The first-order chi connectivity index (χ1) is 30.8. The highest BCUT2D eigenvalue weighted by molar-refractivity contribution is 6.74. The van der Waals surface area contributed by atoms with Crippen LogP contribution in [0.1, 0.15) is 66.8 Å². The molecule has 1 saturated heterocycles. The lowest BCUT2D eigenvalue weighted by Crippen LogP contribution is -2.43. The Morgan fingerprint density at radius 2 is 1.50 bits per heavy atom. The van der Waals surface area contributed by atoms with Crippen molar-refractivity contribution in [1.29, 1.82) is 0 Å². The number of hydrogen-bond acceptors (Lipinski definition) is 8. The number of piperidine rings is 1. The number of carbonyl (C=O) groups excluding carboxylic acids is 2. The normalized spacial score (nSPS) is 14.2. The summed E-state index contributed by atoms with van der Waals surface area (Å²) in [5, 5.41) is 10.5. The Hall–Kier alpha value is -6.05. The Morgan fingerprint density at radius 1 is 0.812 bits per heavy atom. The quantitative estimate of drug-likeness (QED) is 0.0666. The van der Waals surface area contributed by atoms with Gasteiger partial charge < -0.3 is 34.4 Å². The van der Waals surface area contributed by atoms with E-state index in [1.807, 2.05) is 121 Å². The molecule has 4 N–H and O–H groups in total. The summed E-state index contributed by atoms with van der Waals surface area (Å²) in [6.07, 6.45) is 0.550.